The molecule has 0 aliphatic heterocycles. The zero-order valence-electron chi connectivity index (χ0n) is 11.8. The number of methoxy groups -OCH3 is 1. The van der Waals surface area contributed by atoms with Crippen molar-refractivity contribution in [2.75, 3.05) is 7.11 Å². The van der Waals surface area contributed by atoms with Gasteiger partial charge >= 0.3 is 11.7 Å². The highest BCUT2D eigenvalue weighted by molar-refractivity contribution is 5.92. The van der Waals surface area contributed by atoms with E-state index in [1.54, 1.807) is 18.2 Å². The number of hydrogen-bond acceptors (Lipinski definition) is 5. The molecule has 2 rings (SSSR count). The van der Waals surface area contributed by atoms with Crippen LogP contribution in [0.3, 0.4) is 0 Å². The SMILES string of the molecule is COC(=O)c1ccccc1Oc1cc(=O)n(C)c(=O)n1C. The van der Waals surface area contributed by atoms with E-state index in [1.165, 1.54) is 37.9 Å². The molecule has 0 bridgehead atoms. The van der Waals surface area contributed by atoms with Gasteiger partial charge in [0.2, 0.25) is 5.88 Å². The lowest BCUT2D eigenvalue weighted by Gasteiger charge is -2.12. The molecule has 1 aromatic heterocycles. The Hall–Kier alpha value is -2.83. The molecule has 1 heterocycles. The molecule has 21 heavy (non-hydrogen) atoms. The summed E-state index contributed by atoms with van der Waals surface area (Å²) < 4.78 is 12.3. The second-order valence-corrected chi connectivity index (χ2v) is 4.31. The van der Waals surface area contributed by atoms with Crippen molar-refractivity contribution >= 4 is 5.97 Å². The summed E-state index contributed by atoms with van der Waals surface area (Å²) in [4.78, 5) is 35.1. The molecule has 0 saturated carbocycles. The molecule has 0 radical (unpaired) electrons. The maximum Gasteiger partial charge on any atom is 0.341 e. The summed E-state index contributed by atoms with van der Waals surface area (Å²) in [6.07, 6.45) is 0. The molecule has 0 fully saturated rings. The zero-order chi connectivity index (χ0) is 15.6. The van der Waals surface area contributed by atoms with Crippen molar-refractivity contribution in [2.24, 2.45) is 14.1 Å². The van der Waals surface area contributed by atoms with Gasteiger partial charge in [-0.05, 0) is 12.1 Å². The lowest BCUT2D eigenvalue weighted by molar-refractivity contribution is 0.0597. The second kappa shape index (κ2) is 5.66. The lowest BCUT2D eigenvalue weighted by atomic mass is 10.2. The molecule has 0 unspecified atom stereocenters. The average Bonchev–Trinajstić information content (AvgIpc) is 2.50. The minimum Gasteiger partial charge on any atom is -0.465 e. The lowest BCUT2D eigenvalue weighted by Crippen LogP contribution is -2.36. The molecule has 110 valence electrons. The fourth-order valence-corrected chi connectivity index (χ4v) is 1.76. The average molecular weight is 290 g/mol. The van der Waals surface area contributed by atoms with Crippen molar-refractivity contribution in [1.82, 2.24) is 9.13 Å². The third kappa shape index (κ3) is 2.71. The molecule has 0 aliphatic carbocycles. The number of nitrogens with zero attached hydrogens (tertiary/aromatic N) is 2. The number of carbonyl (C=O) groups excluding carboxylic acids is 1. The van der Waals surface area contributed by atoms with Gasteiger partial charge in [0.15, 0.2) is 0 Å². The quantitative estimate of drug-likeness (QED) is 0.776. The van der Waals surface area contributed by atoms with Crippen LogP contribution in [0.4, 0.5) is 0 Å². The Labute approximate surface area is 120 Å². The predicted octanol–water partition coefficient (Wildman–Crippen LogP) is 0.663. The third-order valence-electron chi connectivity index (χ3n) is 2.99. The van der Waals surface area contributed by atoms with E-state index in [-0.39, 0.29) is 17.2 Å². The number of benzene rings is 1. The van der Waals surface area contributed by atoms with Crippen molar-refractivity contribution in [3.8, 4) is 11.6 Å². The molecule has 2 aromatic rings. The smallest absolute Gasteiger partial charge is 0.341 e. The monoisotopic (exact) mass is 290 g/mol. The summed E-state index contributed by atoms with van der Waals surface area (Å²) in [7, 11) is 4.10. The van der Waals surface area contributed by atoms with Gasteiger partial charge in [-0.2, -0.15) is 0 Å². The van der Waals surface area contributed by atoms with Gasteiger partial charge in [-0.1, -0.05) is 12.1 Å². The minimum atomic E-state index is -0.570. The van der Waals surface area contributed by atoms with Gasteiger partial charge in [0.25, 0.3) is 5.56 Å². The molecule has 1 aromatic carbocycles. The van der Waals surface area contributed by atoms with E-state index in [9.17, 15) is 14.4 Å². The van der Waals surface area contributed by atoms with Crippen molar-refractivity contribution in [3.63, 3.8) is 0 Å². The second-order valence-electron chi connectivity index (χ2n) is 4.31. The van der Waals surface area contributed by atoms with E-state index in [0.29, 0.717) is 0 Å². The Kier molecular flexibility index (Phi) is 3.93. The number of ether oxygens (including phenoxy) is 2. The Morgan fingerprint density at radius 1 is 1.10 bits per heavy atom. The van der Waals surface area contributed by atoms with E-state index >= 15 is 0 Å². The van der Waals surface area contributed by atoms with Gasteiger partial charge in [0.05, 0.1) is 13.2 Å². The van der Waals surface area contributed by atoms with Crippen LogP contribution in [0.1, 0.15) is 10.4 Å². The number of rotatable bonds is 3. The highest BCUT2D eigenvalue weighted by Gasteiger charge is 2.15. The van der Waals surface area contributed by atoms with E-state index in [2.05, 4.69) is 4.74 Å². The standard InChI is InChI=1S/C14H14N2O5/c1-15-11(17)8-12(16(2)14(15)19)21-10-7-5-4-6-9(10)13(18)20-3/h4-8H,1-3H3. The fourth-order valence-electron chi connectivity index (χ4n) is 1.76. The van der Waals surface area contributed by atoms with E-state index in [4.69, 9.17) is 4.74 Å². The summed E-state index contributed by atoms with van der Waals surface area (Å²) >= 11 is 0. The van der Waals surface area contributed by atoms with Crippen molar-refractivity contribution in [1.29, 1.82) is 0 Å². The highest BCUT2D eigenvalue weighted by Crippen LogP contribution is 2.24. The molecule has 0 saturated heterocycles. The molecule has 0 amide bonds. The Morgan fingerprint density at radius 3 is 2.43 bits per heavy atom. The maximum atomic E-state index is 11.8. The van der Waals surface area contributed by atoms with Crippen LogP contribution in [0.15, 0.2) is 39.9 Å². The number of hydrogen-bond donors (Lipinski definition) is 0. The van der Waals surface area contributed by atoms with Crippen molar-refractivity contribution in [3.05, 3.63) is 56.7 Å². The summed E-state index contributed by atoms with van der Waals surface area (Å²) in [5, 5.41) is 0. The van der Waals surface area contributed by atoms with Gasteiger partial charge in [0.1, 0.15) is 11.3 Å². The first-order valence-corrected chi connectivity index (χ1v) is 6.08. The Morgan fingerprint density at radius 2 is 1.76 bits per heavy atom. The van der Waals surface area contributed by atoms with Crippen LogP contribution in [0.2, 0.25) is 0 Å². The third-order valence-corrected chi connectivity index (χ3v) is 2.99. The molecule has 7 heteroatoms. The van der Waals surface area contributed by atoms with Gasteiger partial charge in [-0.3, -0.25) is 13.9 Å². The molecule has 0 aliphatic rings. The summed E-state index contributed by atoms with van der Waals surface area (Å²) in [6, 6.07) is 7.58. The van der Waals surface area contributed by atoms with E-state index in [1.807, 2.05) is 0 Å². The highest BCUT2D eigenvalue weighted by atomic mass is 16.5. The molecule has 7 nitrogen and oxygen atoms in total. The van der Waals surface area contributed by atoms with Crippen LogP contribution in [0.25, 0.3) is 0 Å². The summed E-state index contributed by atoms with van der Waals surface area (Å²) in [6.45, 7) is 0. The van der Waals surface area contributed by atoms with Gasteiger partial charge in [-0.15, -0.1) is 0 Å². The normalized spacial score (nSPS) is 10.2. The molecule has 0 spiro atoms. The zero-order valence-corrected chi connectivity index (χ0v) is 11.8. The Bertz CT molecular complexity index is 804. The Balaban J connectivity index is 2.52. The van der Waals surface area contributed by atoms with E-state index < -0.39 is 17.2 Å². The predicted molar refractivity (Wildman–Crippen MR) is 74.8 cm³/mol. The molecular weight excluding hydrogens is 276 g/mol. The molecular formula is C14H14N2O5. The van der Waals surface area contributed by atoms with Crippen LogP contribution >= 0.6 is 0 Å². The van der Waals surface area contributed by atoms with E-state index in [0.717, 1.165) is 4.57 Å². The summed E-state index contributed by atoms with van der Waals surface area (Å²) in [5.41, 5.74) is -0.815. The maximum absolute atomic E-state index is 11.8. The first-order chi connectivity index (χ1) is 9.95. The summed E-state index contributed by atoms with van der Waals surface area (Å²) in [5.74, 6) is -0.327. The number of carbonyl (C=O) groups is 1. The fraction of sp³-hybridized carbons (Fsp3) is 0.214. The van der Waals surface area contributed by atoms with Crippen LogP contribution in [-0.2, 0) is 18.8 Å². The van der Waals surface area contributed by atoms with Gasteiger partial charge < -0.3 is 9.47 Å². The molecule has 0 atom stereocenters. The van der Waals surface area contributed by atoms with Crippen molar-refractivity contribution < 1.29 is 14.3 Å². The van der Waals surface area contributed by atoms with Gasteiger partial charge in [-0.25, -0.2) is 9.59 Å². The van der Waals surface area contributed by atoms with Crippen LogP contribution in [-0.4, -0.2) is 22.2 Å². The number of para-hydroxylation sites is 1. The molecule has 0 N–H and O–H groups in total. The first-order valence-electron chi connectivity index (χ1n) is 6.08. The number of aromatic nitrogens is 2. The number of esters is 1. The van der Waals surface area contributed by atoms with Crippen LogP contribution in [0, 0.1) is 0 Å². The van der Waals surface area contributed by atoms with Crippen LogP contribution in [0.5, 0.6) is 11.6 Å². The largest absolute Gasteiger partial charge is 0.465 e. The minimum absolute atomic E-state index is 0.0412. The van der Waals surface area contributed by atoms with Crippen molar-refractivity contribution in [2.45, 2.75) is 0 Å². The van der Waals surface area contributed by atoms with Gasteiger partial charge in [0, 0.05) is 14.1 Å². The topological polar surface area (TPSA) is 79.5 Å². The first kappa shape index (κ1) is 14.6. The van der Waals surface area contributed by atoms with Crippen LogP contribution < -0.4 is 16.0 Å².